The highest BCUT2D eigenvalue weighted by atomic mass is 19.4. The van der Waals surface area contributed by atoms with E-state index < -0.39 is 23.6 Å². The lowest BCUT2D eigenvalue weighted by Crippen LogP contribution is -2.56. The van der Waals surface area contributed by atoms with Gasteiger partial charge in [-0.2, -0.15) is 18.2 Å². The molecule has 14 heteroatoms. The second-order valence-corrected chi connectivity index (χ2v) is 10.8. The Kier molecular flexibility index (Phi) is 8.69. The predicted molar refractivity (Wildman–Crippen MR) is 153 cm³/mol. The molecular weight excluding hydrogens is 567 g/mol. The summed E-state index contributed by atoms with van der Waals surface area (Å²) in [6, 6.07) is 5.72. The molecular formula is C29H34F3N7O4. The van der Waals surface area contributed by atoms with Crippen LogP contribution in [-0.2, 0) is 15.7 Å². The van der Waals surface area contributed by atoms with Crippen LogP contribution in [0.25, 0.3) is 11.4 Å². The first-order valence-electron chi connectivity index (χ1n) is 14.0. The number of benzene rings is 1. The van der Waals surface area contributed by atoms with E-state index in [1.165, 1.54) is 18.3 Å². The zero-order valence-corrected chi connectivity index (χ0v) is 24.4. The number of nitrogens with one attached hydrogen (secondary N) is 1. The smallest absolute Gasteiger partial charge is 0.416 e. The van der Waals surface area contributed by atoms with Crippen molar-refractivity contribution >= 4 is 23.5 Å². The maximum atomic E-state index is 13.7. The number of hydrogen-bond donors (Lipinski definition) is 1. The fourth-order valence-corrected chi connectivity index (χ4v) is 5.11. The highest BCUT2D eigenvalue weighted by Gasteiger charge is 2.40. The largest absolute Gasteiger partial charge is 0.477 e. The lowest BCUT2D eigenvalue weighted by atomic mass is 9.99. The highest BCUT2D eigenvalue weighted by Crippen LogP contribution is 2.41. The molecule has 1 aromatic carbocycles. The molecule has 1 atom stereocenters. The number of halogens is 3. The zero-order chi connectivity index (χ0) is 30.8. The Morgan fingerprint density at radius 2 is 1.95 bits per heavy atom. The van der Waals surface area contributed by atoms with E-state index >= 15 is 0 Å². The summed E-state index contributed by atoms with van der Waals surface area (Å²) in [4.78, 5) is 35.1. The van der Waals surface area contributed by atoms with E-state index in [2.05, 4.69) is 30.2 Å². The van der Waals surface area contributed by atoms with E-state index in [1.807, 2.05) is 13.8 Å². The number of urea groups is 1. The van der Waals surface area contributed by atoms with E-state index in [0.717, 1.165) is 31.5 Å². The number of methoxy groups -OCH3 is 1. The summed E-state index contributed by atoms with van der Waals surface area (Å²) < 4.78 is 56.8. The fraction of sp³-hybridized carbons (Fsp3) is 0.483. The van der Waals surface area contributed by atoms with E-state index in [9.17, 15) is 18.0 Å². The van der Waals surface area contributed by atoms with E-state index in [0.29, 0.717) is 43.4 Å². The van der Waals surface area contributed by atoms with Crippen LogP contribution in [0.1, 0.15) is 44.4 Å². The Balaban J connectivity index is 1.36. The number of amides is 2. The molecule has 5 rings (SSSR count). The molecule has 2 bridgehead atoms. The molecule has 2 aliphatic rings. The van der Waals surface area contributed by atoms with Gasteiger partial charge in [-0.15, -0.1) is 0 Å². The number of carbonyl (C=O) groups is 1. The summed E-state index contributed by atoms with van der Waals surface area (Å²) >= 11 is 0. The molecule has 4 heterocycles. The minimum atomic E-state index is -4.51. The number of anilines is 3. The molecule has 230 valence electrons. The van der Waals surface area contributed by atoms with Gasteiger partial charge in [-0.3, -0.25) is 10.2 Å². The van der Waals surface area contributed by atoms with Gasteiger partial charge in [-0.1, -0.05) is 12.1 Å². The maximum absolute atomic E-state index is 13.7. The Morgan fingerprint density at radius 3 is 2.72 bits per heavy atom. The second-order valence-electron chi connectivity index (χ2n) is 10.8. The number of aryl methyl sites for hydroxylation is 1. The third-order valence-corrected chi connectivity index (χ3v) is 7.34. The quantitative estimate of drug-likeness (QED) is 0.253. The van der Waals surface area contributed by atoms with Gasteiger partial charge in [-0.25, -0.2) is 19.7 Å². The first kappa shape index (κ1) is 30.4. The van der Waals surface area contributed by atoms with E-state index in [1.54, 1.807) is 25.0 Å². The van der Waals surface area contributed by atoms with E-state index in [4.69, 9.17) is 14.2 Å². The van der Waals surface area contributed by atoms with Crippen molar-refractivity contribution in [2.24, 2.45) is 0 Å². The summed E-state index contributed by atoms with van der Waals surface area (Å²) in [5.41, 5.74) is 0.653. The topological polar surface area (TPSA) is 115 Å². The van der Waals surface area contributed by atoms with Crippen molar-refractivity contribution in [3.63, 3.8) is 0 Å². The van der Waals surface area contributed by atoms with Gasteiger partial charge in [0.05, 0.1) is 30.5 Å². The highest BCUT2D eigenvalue weighted by molar-refractivity contribution is 6.04. The summed E-state index contributed by atoms with van der Waals surface area (Å²) in [7, 11) is 1.57. The number of fused-ring (bicyclic) bond motifs is 4. The molecule has 1 unspecified atom stereocenters. The predicted octanol–water partition coefficient (Wildman–Crippen LogP) is 5.45. The van der Waals surface area contributed by atoms with Crippen molar-refractivity contribution in [3.8, 4) is 17.3 Å². The van der Waals surface area contributed by atoms with Crippen molar-refractivity contribution in [2.45, 2.75) is 58.0 Å². The molecule has 43 heavy (non-hydrogen) atoms. The van der Waals surface area contributed by atoms with Crippen LogP contribution in [-0.4, -0.2) is 71.2 Å². The number of aromatic nitrogens is 4. The van der Waals surface area contributed by atoms with Gasteiger partial charge in [0.15, 0.2) is 17.4 Å². The van der Waals surface area contributed by atoms with Crippen LogP contribution in [0.5, 0.6) is 5.88 Å². The molecule has 1 N–H and O–H groups in total. The second kappa shape index (κ2) is 12.3. The number of nitrogens with zero attached hydrogens (tertiary/aromatic N) is 6. The van der Waals surface area contributed by atoms with Crippen LogP contribution in [0.3, 0.4) is 0 Å². The molecule has 0 aliphatic carbocycles. The summed E-state index contributed by atoms with van der Waals surface area (Å²) in [5.74, 6) is 0.0734. The van der Waals surface area contributed by atoms with Gasteiger partial charge in [0, 0.05) is 44.4 Å². The molecule has 11 nitrogen and oxygen atoms in total. The van der Waals surface area contributed by atoms with Crippen LogP contribution in [0.2, 0.25) is 0 Å². The zero-order valence-electron chi connectivity index (χ0n) is 24.4. The average Bonchev–Trinajstić information content (AvgIpc) is 2.96. The first-order valence-corrected chi connectivity index (χ1v) is 14.0. The Labute approximate surface area is 247 Å². The third kappa shape index (κ3) is 6.96. The third-order valence-electron chi connectivity index (χ3n) is 7.34. The lowest BCUT2D eigenvalue weighted by molar-refractivity contribution is -0.197. The summed E-state index contributed by atoms with van der Waals surface area (Å²) in [6.45, 7) is 7.51. The van der Waals surface area contributed by atoms with E-state index in [-0.39, 0.29) is 29.3 Å². The van der Waals surface area contributed by atoms with Gasteiger partial charge in [0.25, 0.3) is 0 Å². The monoisotopic (exact) mass is 601 g/mol. The van der Waals surface area contributed by atoms with Gasteiger partial charge in [0.2, 0.25) is 11.8 Å². The maximum Gasteiger partial charge on any atom is 0.416 e. The van der Waals surface area contributed by atoms with Gasteiger partial charge in [0.1, 0.15) is 5.69 Å². The fourth-order valence-electron chi connectivity index (χ4n) is 5.11. The SMILES string of the molecule is COC(C)(C)OCCCOc1ccnc(NC(=O)N2c3nc(-c4cccc(C(F)(F)F)c4)nc(C)c3N3CCCC2C3)n1. The minimum Gasteiger partial charge on any atom is -0.477 e. The molecule has 0 radical (unpaired) electrons. The molecule has 1 fully saturated rings. The van der Waals surface area contributed by atoms with Crippen molar-refractivity contribution in [3.05, 3.63) is 47.8 Å². The number of alkyl halides is 3. The molecule has 2 aromatic heterocycles. The van der Waals surface area contributed by atoms with Crippen LogP contribution < -0.4 is 19.9 Å². The summed E-state index contributed by atoms with van der Waals surface area (Å²) in [5, 5.41) is 2.75. The Bertz CT molecular complexity index is 1470. The number of rotatable bonds is 9. The molecule has 0 spiro atoms. The first-order chi connectivity index (χ1) is 20.4. The van der Waals surface area contributed by atoms with Crippen LogP contribution in [0.15, 0.2) is 36.5 Å². The minimum absolute atomic E-state index is 0.0444. The van der Waals surface area contributed by atoms with Crippen molar-refractivity contribution < 1.29 is 32.2 Å². The van der Waals surface area contributed by atoms with Crippen molar-refractivity contribution in [1.29, 1.82) is 0 Å². The Morgan fingerprint density at radius 1 is 1.14 bits per heavy atom. The van der Waals surface area contributed by atoms with Gasteiger partial charge in [-0.05, 0) is 45.7 Å². The van der Waals surface area contributed by atoms with Crippen LogP contribution in [0, 0.1) is 6.92 Å². The van der Waals surface area contributed by atoms with Crippen molar-refractivity contribution in [2.75, 3.05) is 48.5 Å². The standard InChI is InChI=1S/C29H34F3N7O4/c1-18-23-25(36-24(34-18)19-8-5-9-20(16-19)29(30,31)32)39(21-10-6-13-38(23)17-21)27(40)37-26-33-12-11-22(35-26)42-14-7-15-43-28(2,3)41-4/h5,8-9,11-12,16,21H,6-7,10,13-15,17H2,1-4H3,(H,33,35,37,40). The molecule has 3 aromatic rings. The van der Waals surface area contributed by atoms with Crippen LogP contribution in [0.4, 0.5) is 35.4 Å². The lowest BCUT2D eigenvalue weighted by Gasteiger charge is -2.46. The molecule has 2 aliphatic heterocycles. The normalized spacial score (nSPS) is 16.6. The van der Waals surface area contributed by atoms with Gasteiger partial charge >= 0.3 is 12.2 Å². The number of ether oxygens (including phenoxy) is 3. The summed E-state index contributed by atoms with van der Waals surface area (Å²) in [6.07, 6.45) is -0.854. The molecule has 1 saturated heterocycles. The number of carbonyl (C=O) groups excluding carboxylic acids is 1. The Hall–Kier alpha value is -4.04. The number of hydrogen-bond acceptors (Lipinski definition) is 9. The van der Waals surface area contributed by atoms with Gasteiger partial charge < -0.3 is 19.1 Å². The van der Waals surface area contributed by atoms with Crippen molar-refractivity contribution in [1.82, 2.24) is 19.9 Å². The molecule has 2 amide bonds. The molecule has 0 saturated carbocycles. The average molecular weight is 602 g/mol. The van der Waals surface area contributed by atoms with Crippen LogP contribution >= 0.6 is 0 Å². The number of piperidine rings is 1.